The molecule has 2 rings (SSSR count). The van der Waals surface area contributed by atoms with Gasteiger partial charge in [-0.2, -0.15) is 0 Å². The van der Waals surface area contributed by atoms with Crippen molar-refractivity contribution in [3.63, 3.8) is 0 Å². The Labute approximate surface area is 118 Å². The zero-order chi connectivity index (χ0) is 12.8. The second-order valence-electron chi connectivity index (χ2n) is 4.95. The molecule has 1 fully saturated rings. The first-order valence-corrected chi connectivity index (χ1v) is 7.66. The Kier molecular flexibility index (Phi) is 5.45. The maximum absolute atomic E-state index is 4.53. The summed E-state index contributed by atoms with van der Waals surface area (Å²) < 4.78 is 1.10. The van der Waals surface area contributed by atoms with E-state index in [1.165, 1.54) is 12.8 Å². The monoisotopic (exact) mass is 311 g/mol. The van der Waals surface area contributed by atoms with Crippen LogP contribution in [-0.4, -0.2) is 31.2 Å². The zero-order valence-electron chi connectivity index (χ0n) is 11.0. The highest BCUT2D eigenvalue weighted by atomic mass is 79.9. The Morgan fingerprint density at radius 3 is 2.89 bits per heavy atom. The third-order valence-corrected chi connectivity index (χ3v) is 4.09. The van der Waals surface area contributed by atoms with Gasteiger partial charge in [0, 0.05) is 19.3 Å². The molecule has 1 N–H and O–H groups in total. The van der Waals surface area contributed by atoms with Crippen LogP contribution in [-0.2, 0) is 0 Å². The van der Waals surface area contributed by atoms with Crippen molar-refractivity contribution in [2.45, 2.75) is 26.2 Å². The Balaban J connectivity index is 2.05. The lowest BCUT2D eigenvalue weighted by molar-refractivity contribution is 0.372. The molecular formula is C14H22BrN3. The molecule has 0 unspecified atom stereocenters. The molecule has 2 heterocycles. The summed E-state index contributed by atoms with van der Waals surface area (Å²) in [6.07, 6.45) is 5.61. The van der Waals surface area contributed by atoms with Crippen LogP contribution in [0, 0.1) is 5.92 Å². The number of piperidine rings is 1. The van der Waals surface area contributed by atoms with E-state index in [-0.39, 0.29) is 0 Å². The highest BCUT2D eigenvalue weighted by molar-refractivity contribution is 9.10. The number of nitrogens with one attached hydrogen (secondary N) is 1. The molecule has 0 radical (unpaired) electrons. The molecule has 1 aliphatic heterocycles. The zero-order valence-corrected chi connectivity index (χ0v) is 12.6. The van der Waals surface area contributed by atoms with Gasteiger partial charge in [-0.05, 0) is 66.3 Å². The SMILES string of the molecule is CCCN(CC1CCNCC1)c1ncccc1Br. The molecule has 1 aromatic rings. The Morgan fingerprint density at radius 2 is 2.22 bits per heavy atom. The number of hydrogen-bond donors (Lipinski definition) is 1. The quantitative estimate of drug-likeness (QED) is 0.906. The van der Waals surface area contributed by atoms with Crippen LogP contribution in [0.1, 0.15) is 26.2 Å². The fourth-order valence-corrected chi connectivity index (χ4v) is 3.05. The van der Waals surface area contributed by atoms with Crippen LogP contribution in [0.2, 0.25) is 0 Å². The van der Waals surface area contributed by atoms with Crippen molar-refractivity contribution >= 4 is 21.7 Å². The van der Waals surface area contributed by atoms with E-state index in [9.17, 15) is 0 Å². The fraction of sp³-hybridized carbons (Fsp3) is 0.643. The van der Waals surface area contributed by atoms with Gasteiger partial charge in [-0.25, -0.2) is 4.98 Å². The molecule has 0 aliphatic carbocycles. The molecule has 0 saturated carbocycles. The molecule has 0 amide bonds. The van der Waals surface area contributed by atoms with Crippen LogP contribution >= 0.6 is 15.9 Å². The van der Waals surface area contributed by atoms with Gasteiger partial charge in [0.2, 0.25) is 0 Å². The molecule has 0 aromatic carbocycles. The molecule has 1 aromatic heterocycles. The first kappa shape index (κ1) is 13.8. The summed E-state index contributed by atoms with van der Waals surface area (Å²) >= 11 is 3.62. The van der Waals surface area contributed by atoms with Gasteiger partial charge in [0.05, 0.1) is 4.47 Å². The van der Waals surface area contributed by atoms with E-state index in [0.717, 1.165) is 48.8 Å². The summed E-state index contributed by atoms with van der Waals surface area (Å²) in [4.78, 5) is 6.96. The average Bonchev–Trinajstić information content (AvgIpc) is 2.40. The number of anilines is 1. The number of aromatic nitrogens is 1. The van der Waals surface area contributed by atoms with Crippen LogP contribution in [0.4, 0.5) is 5.82 Å². The lowest BCUT2D eigenvalue weighted by Gasteiger charge is -2.31. The predicted molar refractivity (Wildman–Crippen MR) is 80.0 cm³/mol. The minimum absolute atomic E-state index is 0.798. The predicted octanol–water partition coefficient (Wildman–Crippen LogP) is 3.06. The average molecular weight is 312 g/mol. The summed E-state index contributed by atoms with van der Waals surface area (Å²) in [6, 6.07) is 4.05. The van der Waals surface area contributed by atoms with Gasteiger partial charge in [-0.15, -0.1) is 0 Å². The van der Waals surface area contributed by atoms with E-state index in [4.69, 9.17) is 0 Å². The Hall–Kier alpha value is -0.610. The summed E-state index contributed by atoms with van der Waals surface area (Å²) in [5, 5.41) is 3.43. The maximum atomic E-state index is 4.53. The van der Waals surface area contributed by atoms with Crippen molar-refractivity contribution in [3.05, 3.63) is 22.8 Å². The minimum atomic E-state index is 0.798. The number of halogens is 1. The van der Waals surface area contributed by atoms with Crippen molar-refractivity contribution in [2.75, 3.05) is 31.1 Å². The Bertz CT molecular complexity index is 364. The van der Waals surface area contributed by atoms with Crippen molar-refractivity contribution < 1.29 is 0 Å². The lowest BCUT2D eigenvalue weighted by atomic mass is 9.97. The fourth-order valence-electron chi connectivity index (χ4n) is 2.54. The topological polar surface area (TPSA) is 28.2 Å². The van der Waals surface area contributed by atoms with E-state index in [2.05, 4.69) is 44.1 Å². The number of pyridine rings is 1. The summed E-state index contributed by atoms with van der Waals surface area (Å²) in [6.45, 7) is 6.76. The largest absolute Gasteiger partial charge is 0.355 e. The summed E-state index contributed by atoms with van der Waals surface area (Å²) in [5.74, 6) is 1.89. The second-order valence-corrected chi connectivity index (χ2v) is 5.80. The van der Waals surface area contributed by atoms with Gasteiger partial charge in [0.15, 0.2) is 0 Å². The first-order chi connectivity index (χ1) is 8.81. The highest BCUT2D eigenvalue weighted by Gasteiger charge is 2.18. The standard InChI is InChI=1S/C14H22BrN3/c1-2-10-18(11-12-5-8-16-9-6-12)14-13(15)4-3-7-17-14/h3-4,7,12,16H,2,5-6,8-11H2,1H3. The minimum Gasteiger partial charge on any atom is -0.355 e. The maximum Gasteiger partial charge on any atom is 0.142 e. The van der Waals surface area contributed by atoms with E-state index < -0.39 is 0 Å². The molecule has 1 saturated heterocycles. The van der Waals surface area contributed by atoms with Crippen LogP contribution < -0.4 is 10.2 Å². The third-order valence-electron chi connectivity index (χ3n) is 3.47. The molecule has 0 bridgehead atoms. The molecule has 0 spiro atoms. The third kappa shape index (κ3) is 3.69. The van der Waals surface area contributed by atoms with Crippen LogP contribution in [0.5, 0.6) is 0 Å². The van der Waals surface area contributed by atoms with Crippen LogP contribution in [0.3, 0.4) is 0 Å². The van der Waals surface area contributed by atoms with Gasteiger partial charge in [0.1, 0.15) is 5.82 Å². The van der Waals surface area contributed by atoms with Gasteiger partial charge in [-0.3, -0.25) is 0 Å². The number of rotatable bonds is 5. The molecule has 18 heavy (non-hydrogen) atoms. The van der Waals surface area contributed by atoms with Crippen molar-refractivity contribution in [3.8, 4) is 0 Å². The first-order valence-electron chi connectivity index (χ1n) is 6.87. The van der Waals surface area contributed by atoms with E-state index in [1.54, 1.807) is 0 Å². The van der Waals surface area contributed by atoms with E-state index in [1.807, 2.05) is 12.3 Å². The number of hydrogen-bond acceptors (Lipinski definition) is 3. The molecule has 100 valence electrons. The molecule has 3 nitrogen and oxygen atoms in total. The van der Waals surface area contributed by atoms with Crippen LogP contribution in [0.15, 0.2) is 22.8 Å². The number of nitrogens with zero attached hydrogens (tertiary/aromatic N) is 2. The van der Waals surface area contributed by atoms with Gasteiger partial charge >= 0.3 is 0 Å². The smallest absolute Gasteiger partial charge is 0.142 e. The lowest BCUT2D eigenvalue weighted by Crippen LogP contribution is -2.37. The highest BCUT2D eigenvalue weighted by Crippen LogP contribution is 2.25. The van der Waals surface area contributed by atoms with E-state index >= 15 is 0 Å². The molecule has 1 aliphatic rings. The van der Waals surface area contributed by atoms with Crippen LogP contribution in [0.25, 0.3) is 0 Å². The van der Waals surface area contributed by atoms with E-state index in [0.29, 0.717) is 0 Å². The summed E-state index contributed by atoms with van der Waals surface area (Å²) in [5.41, 5.74) is 0. The van der Waals surface area contributed by atoms with Gasteiger partial charge in [-0.1, -0.05) is 6.92 Å². The van der Waals surface area contributed by atoms with Gasteiger partial charge in [0.25, 0.3) is 0 Å². The van der Waals surface area contributed by atoms with Crippen molar-refractivity contribution in [2.24, 2.45) is 5.92 Å². The van der Waals surface area contributed by atoms with Gasteiger partial charge < -0.3 is 10.2 Å². The van der Waals surface area contributed by atoms with Crippen molar-refractivity contribution in [1.82, 2.24) is 10.3 Å². The normalized spacial score (nSPS) is 16.8. The Morgan fingerprint density at radius 1 is 1.44 bits per heavy atom. The molecular weight excluding hydrogens is 290 g/mol. The molecule has 0 atom stereocenters. The second kappa shape index (κ2) is 7.10. The summed E-state index contributed by atoms with van der Waals surface area (Å²) in [7, 11) is 0. The molecule has 4 heteroatoms. The van der Waals surface area contributed by atoms with Crippen molar-refractivity contribution in [1.29, 1.82) is 0 Å².